The van der Waals surface area contributed by atoms with Crippen LogP contribution in [0.4, 0.5) is 0 Å². The second-order valence-electron chi connectivity index (χ2n) is 4.54. The minimum atomic E-state index is -0.0143. The van der Waals surface area contributed by atoms with Gasteiger partial charge < -0.3 is 24.3 Å². The second kappa shape index (κ2) is 9.58. The molecular formula is C15H25NO4. The molecule has 0 radical (unpaired) electrons. The maximum Gasteiger partial charge on any atom is 0.161 e. The van der Waals surface area contributed by atoms with E-state index in [-0.39, 0.29) is 6.10 Å². The molecule has 114 valence electrons. The van der Waals surface area contributed by atoms with Crippen molar-refractivity contribution in [1.82, 2.24) is 5.32 Å². The lowest BCUT2D eigenvalue weighted by molar-refractivity contribution is 0.0899. The van der Waals surface area contributed by atoms with Crippen LogP contribution in [0.3, 0.4) is 0 Å². The van der Waals surface area contributed by atoms with E-state index in [4.69, 9.17) is 18.9 Å². The average Bonchev–Trinajstić information content (AvgIpc) is 2.45. The van der Waals surface area contributed by atoms with Crippen molar-refractivity contribution in [2.45, 2.75) is 19.6 Å². The van der Waals surface area contributed by atoms with Gasteiger partial charge >= 0.3 is 0 Å². The van der Waals surface area contributed by atoms with Crippen molar-refractivity contribution in [3.05, 3.63) is 23.8 Å². The first-order valence-corrected chi connectivity index (χ1v) is 6.73. The largest absolute Gasteiger partial charge is 0.493 e. The van der Waals surface area contributed by atoms with Crippen LogP contribution in [0.15, 0.2) is 18.2 Å². The van der Waals surface area contributed by atoms with Gasteiger partial charge in [-0.25, -0.2) is 0 Å². The normalized spacial score (nSPS) is 12.2. The predicted octanol–water partition coefficient (Wildman–Crippen LogP) is 1.84. The second-order valence-corrected chi connectivity index (χ2v) is 4.54. The van der Waals surface area contributed by atoms with Crippen molar-refractivity contribution in [3.8, 4) is 11.5 Å². The molecule has 1 aromatic rings. The van der Waals surface area contributed by atoms with Crippen LogP contribution in [0.5, 0.6) is 11.5 Å². The summed E-state index contributed by atoms with van der Waals surface area (Å²) in [6, 6.07) is 5.93. The SMILES string of the molecule is COCCNCc1ccc(OC(C)COC)c(OC)c1. The molecule has 0 saturated heterocycles. The highest BCUT2D eigenvalue weighted by atomic mass is 16.5. The summed E-state index contributed by atoms with van der Waals surface area (Å²) in [6.45, 7) is 4.80. The zero-order chi connectivity index (χ0) is 14.8. The third-order valence-corrected chi connectivity index (χ3v) is 2.77. The van der Waals surface area contributed by atoms with E-state index >= 15 is 0 Å². The quantitative estimate of drug-likeness (QED) is 0.664. The topological polar surface area (TPSA) is 49.0 Å². The molecular weight excluding hydrogens is 258 g/mol. The molecule has 0 aliphatic carbocycles. The molecule has 0 fully saturated rings. The Labute approximate surface area is 121 Å². The molecule has 0 aliphatic rings. The van der Waals surface area contributed by atoms with Gasteiger partial charge in [-0.1, -0.05) is 6.07 Å². The molecule has 5 heteroatoms. The number of hydrogen-bond acceptors (Lipinski definition) is 5. The highest BCUT2D eigenvalue weighted by Gasteiger charge is 2.09. The summed E-state index contributed by atoms with van der Waals surface area (Å²) >= 11 is 0. The first kappa shape index (κ1) is 16.8. The Kier molecular flexibility index (Phi) is 8.02. The third-order valence-electron chi connectivity index (χ3n) is 2.77. The molecule has 5 nitrogen and oxygen atoms in total. The van der Waals surface area contributed by atoms with Crippen LogP contribution < -0.4 is 14.8 Å². The summed E-state index contributed by atoms with van der Waals surface area (Å²) in [4.78, 5) is 0. The van der Waals surface area contributed by atoms with Crippen molar-refractivity contribution in [2.75, 3.05) is 41.1 Å². The molecule has 0 aromatic heterocycles. The van der Waals surface area contributed by atoms with Gasteiger partial charge in [-0.3, -0.25) is 0 Å². The Bertz CT molecular complexity index is 384. The number of hydrogen-bond donors (Lipinski definition) is 1. The first-order valence-electron chi connectivity index (χ1n) is 6.73. The highest BCUT2D eigenvalue weighted by molar-refractivity contribution is 5.43. The fourth-order valence-electron chi connectivity index (χ4n) is 1.81. The lowest BCUT2D eigenvalue weighted by atomic mass is 10.2. The number of ether oxygens (including phenoxy) is 4. The van der Waals surface area contributed by atoms with Crippen LogP contribution in [-0.2, 0) is 16.0 Å². The van der Waals surface area contributed by atoms with E-state index in [9.17, 15) is 0 Å². The van der Waals surface area contributed by atoms with Crippen LogP contribution >= 0.6 is 0 Å². The molecule has 0 amide bonds. The standard InChI is InChI=1S/C15H25NO4/c1-12(11-18-3)20-14-6-5-13(9-15(14)19-4)10-16-7-8-17-2/h5-6,9,12,16H,7-8,10-11H2,1-4H3. The minimum absolute atomic E-state index is 0.0143. The fraction of sp³-hybridized carbons (Fsp3) is 0.600. The van der Waals surface area contributed by atoms with Crippen LogP contribution in [0.2, 0.25) is 0 Å². The zero-order valence-corrected chi connectivity index (χ0v) is 12.8. The molecule has 0 saturated carbocycles. The monoisotopic (exact) mass is 283 g/mol. The molecule has 0 heterocycles. The lowest BCUT2D eigenvalue weighted by Crippen LogP contribution is -2.19. The fourth-order valence-corrected chi connectivity index (χ4v) is 1.81. The smallest absolute Gasteiger partial charge is 0.161 e. The number of nitrogens with one attached hydrogen (secondary N) is 1. The first-order chi connectivity index (χ1) is 9.71. The van der Waals surface area contributed by atoms with Gasteiger partial charge in [-0.2, -0.15) is 0 Å². The van der Waals surface area contributed by atoms with E-state index in [0.29, 0.717) is 13.2 Å². The Hall–Kier alpha value is -1.30. The van der Waals surface area contributed by atoms with Gasteiger partial charge in [0.1, 0.15) is 6.10 Å². The van der Waals surface area contributed by atoms with Gasteiger partial charge in [0, 0.05) is 27.3 Å². The molecule has 20 heavy (non-hydrogen) atoms. The predicted molar refractivity (Wildman–Crippen MR) is 78.5 cm³/mol. The van der Waals surface area contributed by atoms with E-state index in [0.717, 1.165) is 30.2 Å². The lowest BCUT2D eigenvalue weighted by Gasteiger charge is -2.17. The van der Waals surface area contributed by atoms with Crippen molar-refractivity contribution in [3.63, 3.8) is 0 Å². The van der Waals surface area contributed by atoms with Crippen molar-refractivity contribution < 1.29 is 18.9 Å². The van der Waals surface area contributed by atoms with Crippen molar-refractivity contribution in [1.29, 1.82) is 0 Å². The van der Waals surface area contributed by atoms with Crippen LogP contribution in [0.25, 0.3) is 0 Å². The summed E-state index contributed by atoms with van der Waals surface area (Å²) in [5.74, 6) is 1.47. The summed E-state index contributed by atoms with van der Waals surface area (Å²) in [5.41, 5.74) is 1.14. The highest BCUT2D eigenvalue weighted by Crippen LogP contribution is 2.29. The average molecular weight is 283 g/mol. The van der Waals surface area contributed by atoms with Gasteiger partial charge in [0.2, 0.25) is 0 Å². The maximum absolute atomic E-state index is 5.78. The van der Waals surface area contributed by atoms with Gasteiger partial charge in [0.05, 0.1) is 20.3 Å². The Balaban J connectivity index is 2.60. The molecule has 1 atom stereocenters. The molecule has 1 rings (SSSR count). The van der Waals surface area contributed by atoms with Gasteiger partial charge in [-0.15, -0.1) is 0 Å². The van der Waals surface area contributed by atoms with Gasteiger partial charge in [-0.05, 0) is 24.6 Å². The molecule has 0 spiro atoms. The number of methoxy groups -OCH3 is 3. The minimum Gasteiger partial charge on any atom is -0.493 e. The van der Waals surface area contributed by atoms with E-state index < -0.39 is 0 Å². The summed E-state index contributed by atoms with van der Waals surface area (Å²) in [6.07, 6.45) is -0.0143. The summed E-state index contributed by atoms with van der Waals surface area (Å²) < 4.78 is 21.2. The number of benzene rings is 1. The molecule has 0 aliphatic heterocycles. The molecule has 1 aromatic carbocycles. The van der Waals surface area contributed by atoms with Crippen molar-refractivity contribution in [2.24, 2.45) is 0 Å². The van der Waals surface area contributed by atoms with E-state index in [2.05, 4.69) is 5.32 Å². The van der Waals surface area contributed by atoms with E-state index in [1.54, 1.807) is 21.3 Å². The van der Waals surface area contributed by atoms with Crippen LogP contribution in [-0.4, -0.2) is 47.2 Å². The Morgan fingerprint density at radius 3 is 2.55 bits per heavy atom. The van der Waals surface area contributed by atoms with Gasteiger partial charge in [0.15, 0.2) is 11.5 Å². The molecule has 1 unspecified atom stereocenters. The molecule has 1 N–H and O–H groups in total. The van der Waals surface area contributed by atoms with Gasteiger partial charge in [0.25, 0.3) is 0 Å². The molecule has 0 bridgehead atoms. The Morgan fingerprint density at radius 1 is 1.10 bits per heavy atom. The van der Waals surface area contributed by atoms with Crippen LogP contribution in [0.1, 0.15) is 12.5 Å². The zero-order valence-electron chi connectivity index (χ0n) is 12.8. The summed E-state index contributed by atoms with van der Waals surface area (Å²) in [7, 11) is 5.00. The summed E-state index contributed by atoms with van der Waals surface area (Å²) in [5, 5.41) is 3.29. The van der Waals surface area contributed by atoms with Crippen LogP contribution in [0, 0.1) is 0 Å². The third kappa shape index (κ3) is 5.77. The van der Waals surface area contributed by atoms with E-state index in [1.165, 1.54) is 0 Å². The van der Waals surface area contributed by atoms with E-state index in [1.807, 2.05) is 25.1 Å². The Morgan fingerprint density at radius 2 is 1.90 bits per heavy atom. The number of rotatable bonds is 10. The van der Waals surface area contributed by atoms with Crippen molar-refractivity contribution >= 4 is 0 Å². The maximum atomic E-state index is 5.78.